The van der Waals surface area contributed by atoms with E-state index in [4.69, 9.17) is 10.9 Å². The number of benzene rings is 1. The van der Waals surface area contributed by atoms with Crippen molar-refractivity contribution < 1.29 is 8.42 Å². The van der Waals surface area contributed by atoms with E-state index in [0.717, 1.165) is 24.6 Å². The molecule has 1 fully saturated rings. The molecule has 1 aliphatic carbocycles. The van der Waals surface area contributed by atoms with Gasteiger partial charge in [-0.3, -0.25) is 0 Å². The summed E-state index contributed by atoms with van der Waals surface area (Å²) < 4.78 is 22.9. The number of nitrogen functional groups attached to an aromatic ring is 1. The Bertz CT molecular complexity index is 551. The van der Waals surface area contributed by atoms with Crippen LogP contribution in [0.3, 0.4) is 0 Å². The van der Waals surface area contributed by atoms with Crippen LogP contribution < -0.4 is 16.2 Å². The van der Waals surface area contributed by atoms with E-state index in [1.807, 2.05) is 0 Å². The van der Waals surface area contributed by atoms with E-state index in [2.05, 4.69) is 5.32 Å². The Labute approximate surface area is 108 Å². The molecule has 0 spiro atoms. The molecule has 1 aliphatic rings. The highest BCUT2D eigenvalue weighted by atomic mass is 32.2. The number of primary sulfonamides is 1. The van der Waals surface area contributed by atoms with Crippen LogP contribution in [0.1, 0.15) is 24.8 Å². The maximum Gasteiger partial charge on any atom is 0.238 e. The predicted molar refractivity (Wildman–Crippen MR) is 72.8 cm³/mol. The van der Waals surface area contributed by atoms with Gasteiger partial charge in [0.1, 0.15) is 0 Å². The Morgan fingerprint density at radius 1 is 1.39 bits per heavy atom. The second-order valence-electron chi connectivity index (χ2n) is 4.90. The van der Waals surface area contributed by atoms with Crippen LogP contribution in [0.5, 0.6) is 0 Å². The van der Waals surface area contributed by atoms with Crippen molar-refractivity contribution in [2.45, 2.75) is 31.1 Å². The molecule has 5 N–H and O–H groups in total. The lowest BCUT2D eigenvalue weighted by atomic mass is 10.1. The van der Waals surface area contributed by atoms with Gasteiger partial charge in [0.25, 0.3) is 0 Å². The third kappa shape index (κ3) is 3.14. The van der Waals surface area contributed by atoms with Crippen LogP contribution in [0.25, 0.3) is 0 Å². The van der Waals surface area contributed by atoms with Crippen molar-refractivity contribution in [2.24, 2.45) is 11.1 Å². The molecule has 5 nitrogen and oxygen atoms in total. The van der Waals surface area contributed by atoms with E-state index in [1.165, 1.54) is 18.9 Å². The van der Waals surface area contributed by atoms with Crippen LogP contribution in [0.15, 0.2) is 17.0 Å². The zero-order valence-corrected chi connectivity index (χ0v) is 11.3. The predicted octanol–water partition coefficient (Wildman–Crippen LogP) is 1.44. The topological polar surface area (TPSA) is 98.2 Å². The maximum absolute atomic E-state index is 11.4. The van der Waals surface area contributed by atoms with Crippen molar-refractivity contribution in [3.05, 3.63) is 17.7 Å². The van der Waals surface area contributed by atoms with Gasteiger partial charge in [0.15, 0.2) is 0 Å². The molecular formula is C12H19N3O2S. The number of nitrogens with one attached hydrogen (secondary N) is 1. The van der Waals surface area contributed by atoms with Gasteiger partial charge in [0, 0.05) is 17.9 Å². The molecule has 0 aliphatic heterocycles. The molecule has 0 amide bonds. The fourth-order valence-electron chi connectivity index (χ4n) is 2.01. The summed E-state index contributed by atoms with van der Waals surface area (Å²) in [7, 11) is -3.73. The lowest BCUT2D eigenvalue weighted by Gasteiger charge is -2.13. The quantitative estimate of drug-likeness (QED) is 0.704. The molecule has 18 heavy (non-hydrogen) atoms. The lowest BCUT2D eigenvalue weighted by molar-refractivity contribution is 0.597. The number of rotatable bonds is 5. The van der Waals surface area contributed by atoms with Crippen molar-refractivity contribution in [1.82, 2.24) is 0 Å². The van der Waals surface area contributed by atoms with Crippen molar-refractivity contribution in [3.8, 4) is 0 Å². The third-order valence-corrected chi connectivity index (χ3v) is 4.29. The first-order valence-electron chi connectivity index (χ1n) is 6.04. The van der Waals surface area contributed by atoms with Crippen LogP contribution in [0.4, 0.5) is 11.4 Å². The standard InChI is InChI=1S/C12H19N3O2S/c1-8-11(15-5-4-9-2-3-9)6-10(13)7-12(8)18(14,16)17/h6-7,9,15H,2-5,13H2,1H3,(H2,14,16,17). The molecule has 0 radical (unpaired) electrons. The maximum atomic E-state index is 11.4. The molecule has 0 heterocycles. The van der Waals surface area contributed by atoms with Gasteiger partial charge in [0.2, 0.25) is 10.0 Å². The molecule has 1 aromatic rings. The highest BCUT2D eigenvalue weighted by Crippen LogP contribution is 2.32. The van der Waals surface area contributed by atoms with Gasteiger partial charge in [-0.25, -0.2) is 13.6 Å². The fraction of sp³-hybridized carbons (Fsp3) is 0.500. The Hall–Kier alpha value is -1.27. The van der Waals surface area contributed by atoms with Gasteiger partial charge >= 0.3 is 0 Å². The molecule has 0 bridgehead atoms. The van der Waals surface area contributed by atoms with Crippen molar-refractivity contribution in [3.63, 3.8) is 0 Å². The normalized spacial score (nSPS) is 15.7. The Kier molecular flexibility index (Phi) is 3.49. The minimum atomic E-state index is -3.73. The first-order chi connectivity index (χ1) is 8.38. The number of sulfonamides is 1. The number of hydrogen-bond acceptors (Lipinski definition) is 4. The molecule has 0 saturated heterocycles. The molecular weight excluding hydrogens is 250 g/mol. The SMILES string of the molecule is Cc1c(NCCC2CC2)cc(N)cc1S(N)(=O)=O. The highest BCUT2D eigenvalue weighted by molar-refractivity contribution is 7.89. The average molecular weight is 269 g/mol. The molecule has 0 unspecified atom stereocenters. The molecule has 2 rings (SSSR count). The largest absolute Gasteiger partial charge is 0.399 e. The summed E-state index contributed by atoms with van der Waals surface area (Å²) >= 11 is 0. The monoisotopic (exact) mass is 269 g/mol. The summed E-state index contributed by atoms with van der Waals surface area (Å²) in [6.45, 7) is 2.57. The Balaban J connectivity index is 2.20. The average Bonchev–Trinajstić information content (AvgIpc) is 3.05. The minimum absolute atomic E-state index is 0.0939. The Morgan fingerprint density at radius 3 is 2.61 bits per heavy atom. The first kappa shape index (κ1) is 13.2. The van der Waals surface area contributed by atoms with Gasteiger partial charge in [0.05, 0.1) is 4.90 Å². The van der Waals surface area contributed by atoms with Crippen LogP contribution in [-0.2, 0) is 10.0 Å². The van der Waals surface area contributed by atoms with Crippen molar-refractivity contribution >= 4 is 21.4 Å². The smallest absolute Gasteiger partial charge is 0.238 e. The van der Waals surface area contributed by atoms with Crippen molar-refractivity contribution in [2.75, 3.05) is 17.6 Å². The zero-order chi connectivity index (χ0) is 13.3. The summed E-state index contributed by atoms with van der Waals surface area (Å²) in [4.78, 5) is 0.0939. The molecule has 0 aromatic heterocycles. The van der Waals surface area contributed by atoms with E-state index < -0.39 is 10.0 Å². The second kappa shape index (κ2) is 4.78. The van der Waals surface area contributed by atoms with E-state index in [-0.39, 0.29) is 4.90 Å². The van der Waals surface area contributed by atoms with E-state index in [1.54, 1.807) is 13.0 Å². The number of nitrogens with two attached hydrogens (primary N) is 2. The van der Waals surface area contributed by atoms with E-state index in [9.17, 15) is 8.42 Å². The summed E-state index contributed by atoms with van der Waals surface area (Å²) in [6.07, 6.45) is 3.72. The number of anilines is 2. The third-order valence-electron chi connectivity index (χ3n) is 3.25. The van der Waals surface area contributed by atoms with Crippen LogP contribution in [-0.4, -0.2) is 15.0 Å². The van der Waals surface area contributed by atoms with Gasteiger partial charge in [-0.1, -0.05) is 12.8 Å². The zero-order valence-electron chi connectivity index (χ0n) is 10.4. The summed E-state index contributed by atoms with van der Waals surface area (Å²) in [5, 5.41) is 8.41. The summed E-state index contributed by atoms with van der Waals surface area (Å²) in [6, 6.07) is 3.15. The van der Waals surface area contributed by atoms with Crippen molar-refractivity contribution in [1.29, 1.82) is 0 Å². The van der Waals surface area contributed by atoms with Crippen LogP contribution in [0, 0.1) is 12.8 Å². The lowest BCUT2D eigenvalue weighted by Crippen LogP contribution is -2.15. The summed E-state index contributed by atoms with van der Waals surface area (Å²) in [5.74, 6) is 0.830. The van der Waals surface area contributed by atoms with Crippen LogP contribution in [0.2, 0.25) is 0 Å². The Morgan fingerprint density at radius 2 is 2.06 bits per heavy atom. The van der Waals surface area contributed by atoms with Crippen LogP contribution >= 0.6 is 0 Å². The molecule has 1 aromatic carbocycles. The first-order valence-corrected chi connectivity index (χ1v) is 7.59. The molecule has 0 atom stereocenters. The van der Waals surface area contributed by atoms with Gasteiger partial charge < -0.3 is 11.1 Å². The molecule has 6 heteroatoms. The second-order valence-corrected chi connectivity index (χ2v) is 6.43. The van der Waals surface area contributed by atoms with E-state index >= 15 is 0 Å². The number of hydrogen-bond donors (Lipinski definition) is 3. The highest BCUT2D eigenvalue weighted by Gasteiger charge is 2.21. The molecule has 100 valence electrons. The fourth-order valence-corrected chi connectivity index (χ4v) is 2.84. The van der Waals surface area contributed by atoms with E-state index in [0.29, 0.717) is 11.3 Å². The van der Waals surface area contributed by atoms with Gasteiger partial charge in [-0.2, -0.15) is 0 Å². The summed E-state index contributed by atoms with van der Waals surface area (Å²) in [5.41, 5.74) is 7.49. The molecule has 1 saturated carbocycles. The van der Waals surface area contributed by atoms with Gasteiger partial charge in [-0.05, 0) is 37.0 Å². The van der Waals surface area contributed by atoms with Gasteiger partial charge in [-0.15, -0.1) is 0 Å². The minimum Gasteiger partial charge on any atom is -0.399 e.